The van der Waals surface area contributed by atoms with Crippen molar-refractivity contribution in [1.29, 1.82) is 0 Å². The van der Waals surface area contributed by atoms with Gasteiger partial charge in [0.15, 0.2) is 0 Å². The van der Waals surface area contributed by atoms with Crippen molar-refractivity contribution in [2.75, 3.05) is 33.8 Å². The summed E-state index contributed by atoms with van der Waals surface area (Å²) in [5.41, 5.74) is 0. The molecule has 0 fully saturated rings. The second-order valence-corrected chi connectivity index (χ2v) is 4.13. The number of carboxylic acids is 1. The Kier molecular flexibility index (Phi) is 7.71. The van der Waals surface area contributed by atoms with Crippen molar-refractivity contribution in [3.63, 3.8) is 0 Å². The van der Waals surface area contributed by atoms with Gasteiger partial charge in [-0.05, 0) is 0 Å². The maximum absolute atomic E-state index is 11.6. The molecule has 3 amide bonds. The van der Waals surface area contributed by atoms with E-state index in [-0.39, 0.29) is 13.1 Å². The molecule has 0 aliphatic heterocycles. The van der Waals surface area contributed by atoms with Crippen LogP contribution in [0.3, 0.4) is 0 Å². The van der Waals surface area contributed by atoms with Gasteiger partial charge in [0, 0.05) is 13.6 Å². The molecule has 9 nitrogen and oxygen atoms in total. The van der Waals surface area contributed by atoms with Crippen molar-refractivity contribution in [2.24, 2.45) is 5.92 Å². The Labute approximate surface area is 116 Å². The van der Waals surface area contributed by atoms with Crippen LogP contribution < -0.4 is 10.6 Å². The van der Waals surface area contributed by atoms with Gasteiger partial charge in [0.25, 0.3) is 0 Å². The summed E-state index contributed by atoms with van der Waals surface area (Å²) in [4.78, 5) is 45.4. The Morgan fingerprint density at radius 1 is 1.20 bits per heavy atom. The lowest BCUT2D eigenvalue weighted by atomic mass is 10.2. The minimum atomic E-state index is -1.17. The molecule has 0 aliphatic rings. The van der Waals surface area contributed by atoms with Crippen LogP contribution in [-0.2, 0) is 19.1 Å². The monoisotopic (exact) mass is 289 g/mol. The van der Waals surface area contributed by atoms with E-state index < -0.39 is 36.3 Å². The Morgan fingerprint density at radius 3 is 2.30 bits per heavy atom. The highest BCUT2D eigenvalue weighted by Crippen LogP contribution is 2.00. The quantitative estimate of drug-likeness (QED) is 0.497. The number of amides is 3. The molecule has 0 saturated heterocycles. The molecule has 1 atom stereocenters. The van der Waals surface area contributed by atoms with Gasteiger partial charge in [-0.15, -0.1) is 0 Å². The molecule has 0 aliphatic carbocycles. The molecule has 9 heteroatoms. The van der Waals surface area contributed by atoms with Gasteiger partial charge in [0.2, 0.25) is 5.91 Å². The number of carbonyl (C=O) groups excluding carboxylic acids is 3. The number of esters is 1. The molecule has 0 saturated carbocycles. The van der Waals surface area contributed by atoms with Crippen LogP contribution in [0, 0.1) is 5.92 Å². The Hall–Kier alpha value is -2.32. The number of hydrogen-bond donors (Lipinski definition) is 3. The van der Waals surface area contributed by atoms with Gasteiger partial charge in [-0.3, -0.25) is 14.4 Å². The van der Waals surface area contributed by atoms with Gasteiger partial charge in [0.05, 0.1) is 19.6 Å². The molecule has 0 aromatic carbocycles. The highest BCUT2D eigenvalue weighted by atomic mass is 16.5. The summed E-state index contributed by atoms with van der Waals surface area (Å²) >= 11 is 0. The van der Waals surface area contributed by atoms with Crippen LogP contribution in [-0.4, -0.2) is 67.7 Å². The standard InChI is InChI=1S/C11H19N3O6/c1-7(10(18)20-3)6-14(2)11(19)13-4-8(15)12-5-9(16)17/h7H,4-6H2,1-3H3,(H,12,15)(H,13,19)(H,16,17). The van der Waals surface area contributed by atoms with Crippen LogP contribution in [0.5, 0.6) is 0 Å². The summed E-state index contributed by atoms with van der Waals surface area (Å²) in [7, 11) is 2.72. The lowest BCUT2D eigenvalue weighted by molar-refractivity contribution is -0.145. The number of nitrogens with zero attached hydrogens (tertiary/aromatic N) is 1. The van der Waals surface area contributed by atoms with E-state index in [1.807, 2.05) is 0 Å². The Morgan fingerprint density at radius 2 is 1.80 bits per heavy atom. The number of carboxylic acid groups (broad SMARTS) is 1. The first-order valence-corrected chi connectivity index (χ1v) is 5.83. The van der Waals surface area contributed by atoms with Gasteiger partial charge in [-0.2, -0.15) is 0 Å². The number of hydrogen-bond acceptors (Lipinski definition) is 5. The van der Waals surface area contributed by atoms with E-state index in [1.54, 1.807) is 6.92 Å². The number of methoxy groups -OCH3 is 1. The summed E-state index contributed by atoms with van der Waals surface area (Å²) in [6.07, 6.45) is 0. The molecular formula is C11H19N3O6. The van der Waals surface area contributed by atoms with E-state index in [2.05, 4.69) is 15.4 Å². The fraction of sp³-hybridized carbons (Fsp3) is 0.636. The third-order valence-corrected chi connectivity index (χ3v) is 2.33. The molecule has 0 radical (unpaired) electrons. The first-order valence-electron chi connectivity index (χ1n) is 5.83. The van der Waals surface area contributed by atoms with Crippen molar-refractivity contribution in [3.05, 3.63) is 0 Å². The Bertz CT molecular complexity index is 384. The summed E-state index contributed by atoms with van der Waals surface area (Å²) in [6.45, 7) is 0.886. The highest BCUT2D eigenvalue weighted by Gasteiger charge is 2.18. The molecule has 20 heavy (non-hydrogen) atoms. The molecule has 0 aromatic heterocycles. The fourth-order valence-corrected chi connectivity index (χ4v) is 1.30. The molecular weight excluding hydrogens is 270 g/mol. The predicted octanol–water partition coefficient (Wildman–Crippen LogP) is -1.36. The SMILES string of the molecule is COC(=O)C(C)CN(C)C(=O)NCC(=O)NCC(=O)O. The van der Waals surface area contributed by atoms with E-state index in [9.17, 15) is 19.2 Å². The summed E-state index contributed by atoms with van der Waals surface area (Å²) in [5, 5.41) is 12.7. The van der Waals surface area contributed by atoms with Gasteiger partial charge >= 0.3 is 18.0 Å². The molecule has 0 spiro atoms. The number of aliphatic carboxylic acids is 1. The zero-order chi connectivity index (χ0) is 15.7. The summed E-state index contributed by atoms with van der Waals surface area (Å²) < 4.78 is 4.53. The predicted molar refractivity (Wildman–Crippen MR) is 67.9 cm³/mol. The molecule has 0 rings (SSSR count). The van der Waals surface area contributed by atoms with Crippen molar-refractivity contribution >= 4 is 23.9 Å². The van der Waals surface area contributed by atoms with E-state index in [1.165, 1.54) is 19.1 Å². The molecule has 0 aromatic rings. The van der Waals surface area contributed by atoms with E-state index in [4.69, 9.17) is 5.11 Å². The number of ether oxygens (including phenoxy) is 1. The number of rotatable bonds is 7. The molecule has 0 heterocycles. The average Bonchev–Trinajstić information content (AvgIpc) is 2.40. The second-order valence-electron chi connectivity index (χ2n) is 4.13. The van der Waals surface area contributed by atoms with Crippen LogP contribution in [0.2, 0.25) is 0 Å². The third kappa shape index (κ3) is 7.19. The van der Waals surface area contributed by atoms with E-state index in [0.29, 0.717) is 0 Å². The first-order chi connectivity index (χ1) is 9.27. The van der Waals surface area contributed by atoms with Crippen molar-refractivity contribution in [3.8, 4) is 0 Å². The zero-order valence-electron chi connectivity index (χ0n) is 11.6. The van der Waals surface area contributed by atoms with Crippen LogP contribution in [0.1, 0.15) is 6.92 Å². The van der Waals surface area contributed by atoms with Crippen LogP contribution in [0.4, 0.5) is 4.79 Å². The number of carbonyl (C=O) groups is 4. The zero-order valence-corrected chi connectivity index (χ0v) is 11.6. The minimum absolute atomic E-state index is 0.134. The summed E-state index contributed by atoms with van der Waals surface area (Å²) in [6, 6.07) is -0.550. The molecule has 114 valence electrons. The van der Waals surface area contributed by atoms with Crippen LogP contribution in [0.25, 0.3) is 0 Å². The van der Waals surface area contributed by atoms with Gasteiger partial charge < -0.3 is 25.4 Å². The van der Waals surface area contributed by atoms with Gasteiger partial charge in [0.1, 0.15) is 6.54 Å². The lowest BCUT2D eigenvalue weighted by Gasteiger charge is -2.20. The fourth-order valence-electron chi connectivity index (χ4n) is 1.30. The number of nitrogens with one attached hydrogen (secondary N) is 2. The van der Waals surface area contributed by atoms with Crippen molar-refractivity contribution in [2.45, 2.75) is 6.92 Å². The first kappa shape index (κ1) is 17.7. The van der Waals surface area contributed by atoms with Gasteiger partial charge in [-0.1, -0.05) is 6.92 Å². The average molecular weight is 289 g/mol. The normalized spacial score (nSPS) is 11.2. The van der Waals surface area contributed by atoms with E-state index in [0.717, 1.165) is 0 Å². The molecule has 3 N–H and O–H groups in total. The topological polar surface area (TPSA) is 125 Å². The second kappa shape index (κ2) is 8.73. The van der Waals surface area contributed by atoms with E-state index >= 15 is 0 Å². The van der Waals surface area contributed by atoms with Crippen LogP contribution in [0.15, 0.2) is 0 Å². The van der Waals surface area contributed by atoms with Gasteiger partial charge in [-0.25, -0.2) is 4.79 Å². The largest absolute Gasteiger partial charge is 0.480 e. The number of urea groups is 1. The Balaban J connectivity index is 4.05. The minimum Gasteiger partial charge on any atom is -0.480 e. The summed E-state index contributed by atoms with van der Waals surface area (Å²) in [5.74, 6) is -2.72. The maximum Gasteiger partial charge on any atom is 0.322 e. The maximum atomic E-state index is 11.6. The third-order valence-electron chi connectivity index (χ3n) is 2.33. The molecule has 1 unspecified atom stereocenters. The highest BCUT2D eigenvalue weighted by molar-refractivity contribution is 5.86. The molecule has 0 bridgehead atoms. The van der Waals surface area contributed by atoms with Crippen molar-refractivity contribution < 1.29 is 29.0 Å². The van der Waals surface area contributed by atoms with Crippen molar-refractivity contribution in [1.82, 2.24) is 15.5 Å². The van der Waals surface area contributed by atoms with Crippen LogP contribution >= 0.6 is 0 Å². The lowest BCUT2D eigenvalue weighted by Crippen LogP contribution is -2.45. The smallest absolute Gasteiger partial charge is 0.322 e.